The lowest BCUT2D eigenvalue weighted by Crippen LogP contribution is -2.32. The van der Waals surface area contributed by atoms with Gasteiger partial charge in [0.15, 0.2) is 0 Å². The number of thioether (sulfide) groups is 1. The van der Waals surface area contributed by atoms with Gasteiger partial charge in [-0.1, -0.05) is 41.5 Å². The molecule has 1 atom stereocenters. The number of anilines is 1. The summed E-state index contributed by atoms with van der Waals surface area (Å²) >= 11 is 3.51. The number of benzene rings is 1. The smallest absolute Gasteiger partial charge is 0.318 e. The molecule has 2 aromatic heterocycles. The second kappa shape index (κ2) is 9.25. The van der Waals surface area contributed by atoms with Crippen LogP contribution in [0.25, 0.3) is 0 Å². The summed E-state index contributed by atoms with van der Waals surface area (Å²) in [6.07, 6.45) is 0.960. The van der Waals surface area contributed by atoms with E-state index in [-0.39, 0.29) is 11.9 Å². The van der Waals surface area contributed by atoms with Crippen molar-refractivity contribution in [2.45, 2.75) is 18.9 Å². The van der Waals surface area contributed by atoms with Crippen molar-refractivity contribution in [2.24, 2.45) is 0 Å². The van der Waals surface area contributed by atoms with Crippen molar-refractivity contribution in [3.8, 4) is 0 Å². The fraction of sp³-hybridized carbons (Fsp3) is 0.350. The molecule has 4 rings (SSSR count). The van der Waals surface area contributed by atoms with E-state index in [9.17, 15) is 4.79 Å². The predicted molar refractivity (Wildman–Crippen MR) is 113 cm³/mol. The van der Waals surface area contributed by atoms with E-state index in [1.165, 1.54) is 0 Å². The molecule has 146 valence electrons. The van der Waals surface area contributed by atoms with E-state index in [0.29, 0.717) is 24.7 Å². The van der Waals surface area contributed by atoms with Crippen LogP contribution in [0.2, 0.25) is 0 Å². The third-order valence-electron chi connectivity index (χ3n) is 4.54. The van der Waals surface area contributed by atoms with E-state index in [1.54, 1.807) is 11.3 Å². The zero-order valence-corrected chi connectivity index (χ0v) is 17.0. The molecule has 0 bridgehead atoms. The molecule has 0 spiro atoms. The first kappa shape index (κ1) is 19.0. The summed E-state index contributed by atoms with van der Waals surface area (Å²) < 4.78 is 5.98. The number of nitrogens with zero attached hydrogens (tertiary/aromatic N) is 3. The summed E-state index contributed by atoms with van der Waals surface area (Å²) in [4.78, 5) is 15.7. The van der Waals surface area contributed by atoms with Crippen molar-refractivity contribution < 1.29 is 9.21 Å². The Kier molecular flexibility index (Phi) is 6.28. The van der Waals surface area contributed by atoms with Gasteiger partial charge in [0.2, 0.25) is 11.8 Å². The molecule has 1 N–H and O–H groups in total. The summed E-state index contributed by atoms with van der Waals surface area (Å²) in [6.45, 7) is 1.81. The maximum atomic E-state index is 12.6. The summed E-state index contributed by atoms with van der Waals surface area (Å²) in [7, 11) is 0. The van der Waals surface area contributed by atoms with Crippen molar-refractivity contribution in [1.29, 1.82) is 0 Å². The van der Waals surface area contributed by atoms with Crippen LogP contribution in [0.4, 0.5) is 6.01 Å². The molecular formula is C20H22N4O2S2. The summed E-state index contributed by atoms with van der Waals surface area (Å²) in [6, 6.07) is 14.2. The lowest BCUT2D eigenvalue weighted by Gasteiger charge is -2.24. The van der Waals surface area contributed by atoms with Gasteiger partial charge in [0, 0.05) is 35.9 Å². The normalized spacial score (nSPS) is 15.4. The fourth-order valence-electron chi connectivity index (χ4n) is 3.12. The highest BCUT2D eigenvalue weighted by molar-refractivity contribution is 7.99. The Morgan fingerprint density at radius 2 is 1.96 bits per heavy atom. The molecule has 1 aromatic carbocycles. The third kappa shape index (κ3) is 4.94. The minimum absolute atomic E-state index is 0.0440. The summed E-state index contributed by atoms with van der Waals surface area (Å²) in [5, 5.41) is 13.6. The van der Waals surface area contributed by atoms with Gasteiger partial charge in [-0.3, -0.25) is 4.79 Å². The highest BCUT2D eigenvalue weighted by Gasteiger charge is 2.24. The van der Waals surface area contributed by atoms with E-state index in [0.717, 1.165) is 35.0 Å². The molecule has 3 aromatic rings. The molecule has 1 aliphatic heterocycles. The monoisotopic (exact) mass is 414 g/mol. The number of carbonyl (C=O) groups excluding carboxylic acids is 1. The van der Waals surface area contributed by atoms with Crippen LogP contribution in [-0.4, -0.2) is 40.7 Å². The Balaban J connectivity index is 1.50. The first-order valence-corrected chi connectivity index (χ1v) is 11.3. The second-order valence-corrected chi connectivity index (χ2v) is 8.85. The van der Waals surface area contributed by atoms with Crippen molar-refractivity contribution in [3.05, 3.63) is 64.2 Å². The van der Waals surface area contributed by atoms with Crippen LogP contribution in [0.3, 0.4) is 0 Å². The molecule has 6 nitrogen and oxygen atoms in total. The van der Waals surface area contributed by atoms with Gasteiger partial charge in [0.05, 0.1) is 6.42 Å². The number of aromatic nitrogens is 2. The number of rotatable bonds is 7. The van der Waals surface area contributed by atoms with E-state index in [1.807, 2.05) is 59.6 Å². The summed E-state index contributed by atoms with van der Waals surface area (Å²) in [5.74, 6) is 2.53. The second-order valence-electron chi connectivity index (χ2n) is 6.59. The Morgan fingerprint density at radius 3 is 2.71 bits per heavy atom. The van der Waals surface area contributed by atoms with Gasteiger partial charge in [0.1, 0.15) is 6.04 Å². The Morgan fingerprint density at radius 1 is 1.14 bits per heavy atom. The number of hydrogen-bond acceptors (Lipinski definition) is 7. The number of carbonyl (C=O) groups is 1. The van der Waals surface area contributed by atoms with Gasteiger partial charge < -0.3 is 14.6 Å². The van der Waals surface area contributed by atoms with Crippen LogP contribution >= 0.6 is 23.1 Å². The topological polar surface area (TPSA) is 71.3 Å². The Hall–Kier alpha value is -2.32. The fourth-order valence-corrected chi connectivity index (χ4v) is 4.72. The van der Waals surface area contributed by atoms with Crippen LogP contribution in [-0.2, 0) is 17.6 Å². The van der Waals surface area contributed by atoms with Crippen LogP contribution in [0.5, 0.6) is 0 Å². The van der Waals surface area contributed by atoms with Gasteiger partial charge in [0.25, 0.3) is 0 Å². The SMILES string of the molecule is O=C(Cc1cccs1)N[C@@H](Cc1ccccc1)c1nnc(N2CCSCC2)o1. The number of thiophene rings is 1. The van der Waals surface area contributed by atoms with Crippen molar-refractivity contribution >= 4 is 35.0 Å². The third-order valence-corrected chi connectivity index (χ3v) is 6.36. The highest BCUT2D eigenvalue weighted by Crippen LogP contribution is 2.23. The average Bonchev–Trinajstić information content (AvgIpc) is 3.41. The molecule has 1 saturated heterocycles. The molecule has 1 fully saturated rings. The van der Waals surface area contributed by atoms with Gasteiger partial charge in [-0.15, -0.1) is 16.4 Å². The lowest BCUT2D eigenvalue weighted by molar-refractivity contribution is -0.121. The standard InChI is InChI=1S/C20H22N4O2S2/c25-18(14-16-7-4-10-28-16)21-17(13-15-5-2-1-3-6-15)19-22-23-20(26-19)24-8-11-27-12-9-24/h1-7,10,17H,8-9,11-14H2,(H,21,25)/t17-/m0/s1. The zero-order valence-electron chi connectivity index (χ0n) is 15.4. The van der Waals surface area contributed by atoms with Crippen LogP contribution in [0.1, 0.15) is 22.4 Å². The van der Waals surface area contributed by atoms with Gasteiger partial charge in [-0.2, -0.15) is 11.8 Å². The largest absolute Gasteiger partial charge is 0.406 e. The lowest BCUT2D eigenvalue weighted by atomic mass is 10.1. The van der Waals surface area contributed by atoms with Gasteiger partial charge in [-0.05, 0) is 17.0 Å². The van der Waals surface area contributed by atoms with Gasteiger partial charge >= 0.3 is 6.01 Å². The predicted octanol–water partition coefficient (Wildman–Crippen LogP) is 3.33. The zero-order chi connectivity index (χ0) is 19.2. The minimum atomic E-state index is -0.352. The van der Waals surface area contributed by atoms with E-state index < -0.39 is 0 Å². The van der Waals surface area contributed by atoms with Crippen LogP contribution in [0, 0.1) is 0 Å². The van der Waals surface area contributed by atoms with Crippen LogP contribution in [0.15, 0.2) is 52.3 Å². The molecule has 1 aliphatic rings. The molecule has 28 heavy (non-hydrogen) atoms. The molecular weight excluding hydrogens is 392 g/mol. The van der Waals surface area contributed by atoms with E-state index in [4.69, 9.17) is 4.42 Å². The minimum Gasteiger partial charge on any atom is -0.406 e. The number of amides is 1. The first-order valence-electron chi connectivity index (χ1n) is 9.30. The molecule has 8 heteroatoms. The number of hydrogen-bond donors (Lipinski definition) is 1. The maximum Gasteiger partial charge on any atom is 0.318 e. The molecule has 0 saturated carbocycles. The Labute approximate surface area is 172 Å². The average molecular weight is 415 g/mol. The molecule has 1 amide bonds. The molecule has 3 heterocycles. The quantitative estimate of drug-likeness (QED) is 0.639. The van der Waals surface area contributed by atoms with Crippen molar-refractivity contribution in [1.82, 2.24) is 15.5 Å². The van der Waals surface area contributed by atoms with Gasteiger partial charge in [-0.25, -0.2) is 0 Å². The molecule has 0 radical (unpaired) electrons. The van der Waals surface area contributed by atoms with Crippen molar-refractivity contribution in [2.75, 3.05) is 29.5 Å². The summed E-state index contributed by atoms with van der Waals surface area (Å²) in [5.41, 5.74) is 1.11. The van der Waals surface area contributed by atoms with E-state index >= 15 is 0 Å². The highest BCUT2D eigenvalue weighted by atomic mass is 32.2. The Bertz CT molecular complexity index is 877. The van der Waals surface area contributed by atoms with Crippen LogP contribution < -0.4 is 10.2 Å². The van der Waals surface area contributed by atoms with E-state index in [2.05, 4.69) is 20.4 Å². The molecule has 0 aliphatic carbocycles. The number of nitrogens with one attached hydrogen (secondary N) is 1. The maximum absolute atomic E-state index is 12.6. The van der Waals surface area contributed by atoms with Crippen molar-refractivity contribution in [3.63, 3.8) is 0 Å². The first-order chi connectivity index (χ1) is 13.8. The molecule has 0 unspecified atom stereocenters.